The Bertz CT molecular complexity index is 1260. The first-order valence-electron chi connectivity index (χ1n) is 39.7. The summed E-state index contributed by atoms with van der Waals surface area (Å²) in [6.07, 6.45) is 100. The Morgan fingerprint density at radius 1 is 0.259 bits per heavy atom. The Morgan fingerprint density at radius 3 is 0.635 bits per heavy atom. The Kier molecular flexibility index (Phi) is 75.7. The topological polar surface area (TPSA) is 72.8 Å². The van der Waals surface area contributed by atoms with Crippen LogP contribution in [0.5, 0.6) is 0 Å². The number of rotatable bonds is 76. The summed E-state index contributed by atoms with van der Waals surface area (Å²) in [6, 6.07) is 0. The van der Waals surface area contributed by atoms with Crippen molar-refractivity contribution in [1.29, 1.82) is 0 Å². The van der Waals surface area contributed by atoms with Crippen molar-refractivity contribution in [3.05, 3.63) is 12.2 Å². The maximum Gasteiger partial charge on any atom is 0.306 e. The smallest absolute Gasteiger partial charge is 0.306 e. The number of carbonyl (C=O) groups is 2. The Labute approximate surface area is 534 Å². The monoisotopic (exact) mass is 1200 g/mol. The van der Waals surface area contributed by atoms with E-state index in [2.05, 4.69) is 26.0 Å². The molecule has 0 amide bonds. The Morgan fingerprint density at radius 2 is 0.435 bits per heavy atom. The molecule has 5 heteroatoms. The number of carbonyl (C=O) groups excluding carboxylic acids is 2. The highest BCUT2D eigenvalue weighted by molar-refractivity contribution is 5.70. The number of ether oxygens (including phenoxy) is 2. The third-order valence-corrected chi connectivity index (χ3v) is 18.8. The minimum absolute atomic E-state index is 0.0559. The first kappa shape index (κ1) is 83.6. The molecule has 0 aromatic carbocycles. The van der Waals surface area contributed by atoms with Crippen molar-refractivity contribution in [2.75, 3.05) is 13.2 Å². The zero-order valence-electron chi connectivity index (χ0n) is 58.4. The summed E-state index contributed by atoms with van der Waals surface area (Å²) in [5.41, 5.74) is 0. The van der Waals surface area contributed by atoms with Gasteiger partial charge < -0.3 is 14.6 Å². The largest absolute Gasteiger partial charge is 0.462 e. The lowest BCUT2D eigenvalue weighted by Crippen LogP contribution is -2.28. The van der Waals surface area contributed by atoms with Gasteiger partial charge in [-0.1, -0.05) is 431 Å². The molecule has 0 rings (SSSR count). The lowest BCUT2D eigenvalue weighted by Gasteiger charge is -2.15. The quantitative estimate of drug-likeness (QED) is 0.0373. The Hall–Kier alpha value is -1.36. The number of aliphatic hydroxyl groups excluding tert-OH is 1. The molecule has 0 aliphatic carbocycles. The van der Waals surface area contributed by atoms with E-state index in [1.807, 2.05) is 0 Å². The molecule has 0 aromatic heterocycles. The number of hydrogen-bond donors (Lipinski definition) is 1. The molecule has 0 spiro atoms. The molecule has 5 nitrogen and oxygen atoms in total. The van der Waals surface area contributed by atoms with Crippen LogP contribution in [-0.2, 0) is 19.1 Å². The molecule has 0 bridgehead atoms. The molecule has 0 fully saturated rings. The Balaban J connectivity index is 3.33. The third-order valence-electron chi connectivity index (χ3n) is 18.8. The highest BCUT2D eigenvalue weighted by atomic mass is 16.6. The summed E-state index contributed by atoms with van der Waals surface area (Å²) in [5, 5.41) is 9.72. The second-order valence-corrected chi connectivity index (χ2v) is 27.5. The maximum atomic E-state index is 12.4. The van der Waals surface area contributed by atoms with Gasteiger partial charge in [-0.25, -0.2) is 0 Å². The summed E-state index contributed by atoms with van der Waals surface area (Å²) >= 11 is 0. The van der Waals surface area contributed by atoms with Crippen LogP contribution in [0.1, 0.15) is 470 Å². The lowest BCUT2D eigenvalue weighted by atomic mass is 10.0. The van der Waals surface area contributed by atoms with E-state index in [0.29, 0.717) is 12.8 Å². The van der Waals surface area contributed by atoms with E-state index in [1.54, 1.807) is 0 Å². The predicted molar refractivity (Wildman–Crippen MR) is 376 cm³/mol. The standard InChI is InChI=1S/C80H156O5/c1-3-5-7-9-11-13-15-17-19-21-23-25-27-29-31-33-35-36-37-38-39-40-41-42-43-44-45-47-49-51-53-55-57-59-61-63-65-67-69-71-73-75-80(83)85-78(76-81)77-84-79(82)74-72-70-68-66-64-62-60-58-56-54-52-50-48-46-34-32-30-28-26-24-22-20-18-16-14-12-10-8-6-4-2/h21,23,78,81H,3-20,22,24-77H2,1-2H3/b23-21-. The van der Waals surface area contributed by atoms with Crippen LogP contribution in [0.2, 0.25) is 0 Å². The SMILES string of the molecule is CCCCCCCCCC/C=C\CCCCCCCCCCCCCCCCCCCCCCCCCCCCCCCC(=O)OC(CO)COC(=O)CCCCCCCCCCCCCCCCCCCCCCCCCCCCCCCC. The summed E-state index contributed by atoms with van der Waals surface area (Å²) in [6.45, 7) is 4.23. The first-order chi connectivity index (χ1) is 42.1. The number of esters is 2. The van der Waals surface area contributed by atoms with Gasteiger partial charge in [0.15, 0.2) is 6.10 Å². The van der Waals surface area contributed by atoms with Gasteiger partial charge in [0, 0.05) is 12.8 Å². The fourth-order valence-corrected chi connectivity index (χ4v) is 12.9. The lowest BCUT2D eigenvalue weighted by molar-refractivity contribution is -0.161. The van der Waals surface area contributed by atoms with E-state index in [0.717, 1.165) is 32.1 Å². The fraction of sp³-hybridized carbons (Fsp3) is 0.950. The molecule has 0 aliphatic heterocycles. The van der Waals surface area contributed by atoms with Gasteiger partial charge >= 0.3 is 11.9 Å². The zero-order valence-corrected chi connectivity index (χ0v) is 58.4. The average Bonchev–Trinajstić information content (AvgIpc) is 3.52. The van der Waals surface area contributed by atoms with Gasteiger partial charge in [0.1, 0.15) is 6.61 Å². The number of hydrogen-bond acceptors (Lipinski definition) is 5. The molecule has 506 valence electrons. The molecular formula is C80H156O5. The van der Waals surface area contributed by atoms with E-state index < -0.39 is 6.10 Å². The maximum absolute atomic E-state index is 12.4. The van der Waals surface area contributed by atoms with Gasteiger partial charge in [-0.3, -0.25) is 9.59 Å². The van der Waals surface area contributed by atoms with Gasteiger partial charge in [0.25, 0.3) is 0 Å². The molecule has 1 N–H and O–H groups in total. The minimum atomic E-state index is -0.767. The van der Waals surface area contributed by atoms with Crippen LogP contribution in [0.3, 0.4) is 0 Å². The summed E-state index contributed by atoms with van der Waals surface area (Å²) < 4.78 is 10.8. The van der Waals surface area contributed by atoms with Crippen molar-refractivity contribution in [1.82, 2.24) is 0 Å². The first-order valence-corrected chi connectivity index (χ1v) is 39.7. The molecule has 0 radical (unpaired) electrons. The van der Waals surface area contributed by atoms with Gasteiger partial charge in [0.05, 0.1) is 6.61 Å². The number of unbranched alkanes of at least 4 members (excludes halogenated alkanes) is 66. The molecule has 0 aromatic rings. The molecule has 85 heavy (non-hydrogen) atoms. The molecule has 0 saturated carbocycles. The zero-order chi connectivity index (χ0) is 61.2. The average molecular weight is 1200 g/mol. The van der Waals surface area contributed by atoms with Crippen molar-refractivity contribution in [3.8, 4) is 0 Å². The normalized spacial score (nSPS) is 12.1. The highest BCUT2D eigenvalue weighted by Crippen LogP contribution is 2.21. The highest BCUT2D eigenvalue weighted by Gasteiger charge is 2.16. The van der Waals surface area contributed by atoms with E-state index in [4.69, 9.17) is 9.47 Å². The van der Waals surface area contributed by atoms with Crippen LogP contribution < -0.4 is 0 Å². The van der Waals surface area contributed by atoms with Crippen LogP contribution in [-0.4, -0.2) is 36.4 Å². The molecule has 0 saturated heterocycles. The van der Waals surface area contributed by atoms with Crippen molar-refractivity contribution >= 4 is 11.9 Å². The minimum Gasteiger partial charge on any atom is -0.462 e. The number of aliphatic hydroxyl groups is 1. The molecule has 1 unspecified atom stereocenters. The van der Waals surface area contributed by atoms with Crippen molar-refractivity contribution in [3.63, 3.8) is 0 Å². The third kappa shape index (κ3) is 75.0. The van der Waals surface area contributed by atoms with Gasteiger partial charge in [0.2, 0.25) is 0 Å². The second kappa shape index (κ2) is 76.9. The summed E-state index contributed by atoms with van der Waals surface area (Å²) in [7, 11) is 0. The van der Waals surface area contributed by atoms with Crippen molar-refractivity contribution in [2.45, 2.75) is 476 Å². The second-order valence-electron chi connectivity index (χ2n) is 27.5. The van der Waals surface area contributed by atoms with Crippen LogP contribution in [0.15, 0.2) is 12.2 Å². The predicted octanol–water partition coefficient (Wildman–Crippen LogP) is 27.7. The van der Waals surface area contributed by atoms with Crippen LogP contribution >= 0.6 is 0 Å². The summed E-state index contributed by atoms with van der Waals surface area (Å²) in [5.74, 6) is -0.557. The van der Waals surface area contributed by atoms with Gasteiger partial charge in [-0.15, -0.1) is 0 Å². The summed E-state index contributed by atoms with van der Waals surface area (Å²) in [4.78, 5) is 24.7. The fourth-order valence-electron chi connectivity index (χ4n) is 12.9. The van der Waals surface area contributed by atoms with Gasteiger partial charge in [-0.05, 0) is 38.5 Å². The van der Waals surface area contributed by atoms with Crippen LogP contribution in [0, 0.1) is 0 Å². The van der Waals surface area contributed by atoms with Crippen LogP contribution in [0.4, 0.5) is 0 Å². The van der Waals surface area contributed by atoms with Crippen molar-refractivity contribution < 1.29 is 24.2 Å². The molecular weight excluding hydrogens is 1040 g/mol. The number of allylic oxidation sites excluding steroid dienone is 2. The molecule has 0 heterocycles. The van der Waals surface area contributed by atoms with E-state index >= 15 is 0 Å². The van der Waals surface area contributed by atoms with Gasteiger partial charge in [-0.2, -0.15) is 0 Å². The van der Waals surface area contributed by atoms with Crippen molar-refractivity contribution in [2.24, 2.45) is 0 Å². The molecule has 1 atom stereocenters. The van der Waals surface area contributed by atoms with E-state index in [1.165, 1.54) is 411 Å². The van der Waals surface area contributed by atoms with E-state index in [-0.39, 0.29) is 25.2 Å². The van der Waals surface area contributed by atoms with E-state index in [9.17, 15) is 14.7 Å². The van der Waals surface area contributed by atoms with Crippen LogP contribution in [0.25, 0.3) is 0 Å². The molecule has 0 aliphatic rings.